The van der Waals surface area contributed by atoms with Crippen molar-refractivity contribution in [1.29, 1.82) is 0 Å². The number of amides is 1. The van der Waals surface area contributed by atoms with Gasteiger partial charge >= 0.3 is 5.69 Å². The van der Waals surface area contributed by atoms with Gasteiger partial charge in [-0.15, -0.1) is 0 Å². The Kier molecular flexibility index (Phi) is 4.67. The van der Waals surface area contributed by atoms with Gasteiger partial charge < -0.3 is 5.32 Å². The number of carbonyl (C=O) groups is 1. The second-order valence-electron chi connectivity index (χ2n) is 5.35. The fraction of sp³-hybridized carbons (Fsp3) is 0.133. The molecule has 3 rings (SSSR count). The van der Waals surface area contributed by atoms with Crippen molar-refractivity contribution >= 4 is 29.0 Å². The Bertz CT molecular complexity index is 979. The summed E-state index contributed by atoms with van der Waals surface area (Å²) in [5.74, 6) is -1.10. The van der Waals surface area contributed by atoms with Crippen LogP contribution < -0.4 is 5.32 Å². The number of nitrogens with zero attached hydrogens (tertiary/aromatic N) is 5. The molecule has 1 aromatic carbocycles. The molecular formula is C15H12ClFN6O3. The van der Waals surface area contributed by atoms with Crippen LogP contribution in [0.5, 0.6) is 0 Å². The van der Waals surface area contributed by atoms with E-state index in [4.69, 9.17) is 11.6 Å². The van der Waals surface area contributed by atoms with Crippen LogP contribution in [-0.4, -0.2) is 30.4 Å². The van der Waals surface area contributed by atoms with E-state index in [-0.39, 0.29) is 28.6 Å². The fourth-order valence-electron chi connectivity index (χ4n) is 2.31. The number of aryl methyl sites for hydroxylation is 1. The van der Waals surface area contributed by atoms with Crippen LogP contribution in [0.3, 0.4) is 0 Å². The number of hydrogen-bond acceptors (Lipinski definition) is 5. The lowest BCUT2D eigenvalue weighted by molar-refractivity contribution is -0.385. The minimum absolute atomic E-state index is 0.0606. The molecule has 0 unspecified atom stereocenters. The Labute approximate surface area is 151 Å². The van der Waals surface area contributed by atoms with Gasteiger partial charge in [0.1, 0.15) is 12.0 Å². The largest absolute Gasteiger partial charge is 0.320 e. The standard InChI is InChI=1S/C15H12ClFN6O3/c1-21-8-12(23(25)26)14(20-21)15(24)18-13-5-6-22(19-13)7-9-10(16)3-2-4-11(9)17/h2-6,8H,7H2,1H3,(H,18,19,24). The molecule has 0 aliphatic rings. The van der Waals surface area contributed by atoms with Gasteiger partial charge in [-0.2, -0.15) is 10.2 Å². The first-order valence-electron chi connectivity index (χ1n) is 7.31. The van der Waals surface area contributed by atoms with Gasteiger partial charge in [0.15, 0.2) is 5.82 Å². The van der Waals surface area contributed by atoms with Crippen LogP contribution in [0.4, 0.5) is 15.9 Å². The zero-order valence-corrected chi connectivity index (χ0v) is 14.1. The molecule has 0 radical (unpaired) electrons. The van der Waals surface area contributed by atoms with E-state index in [2.05, 4.69) is 15.5 Å². The molecule has 0 fully saturated rings. The van der Waals surface area contributed by atoms with Gasteiger partial charge in [0, 0.05) is 29.9 Å². The molecule has 2 heterocycles. The van der Waals surface area contributed by atoms with E-state index in [1.807, 2.05) is 0 Å². The van der Waals surface area contributed by atoms with E-state index < -0.39 is 22.3 Å². The second kappa shape index (κ2) is 6.92. The molecule has 1 N–H and O–H groups in total. The highest BCUT2D eigenvalue weighted by Gasteiger charge is 2.25. The molecule has 0 aliphatic carbocycles. The predicted octanol–water partition coefficient (Wildman–Crippen LogP) is 2.62. The van der Waals surface area contributed by atoms with E-state index in [1.165, 1.54) is 40.8 Å². The molecule has 11 heteroatoms. The molecule has 0 saturated carbocycles. The number of hydrogen-bond donors (Lipinski definition) is 1. The summed E-state index contributed by atoms with van der Waals surface area (Å²) in [6.07, 6.45) is 2.65. The van der Waals surface area contributed by atoms with Crippen LogP contribution in [0.1, 0.15) is 16.1 Å². The number of rotatable bonds is 5. The molecule has 0 saturated heterocycles. The van der Waals surface area contributed by atoms with Gasteiger partial charge in [-0.05, 0) is 12.1 Å². The molecule has 134 valence electrons. The number of halogens is 2. The number of carbonyl (C=O) groups excluding carboxylic acids is 1. The summed E-state index contributed by atoms with van der Waals surface area (Å²) >= 11 is 5.97. The van der Waals surface area contributed by atoms with Crippen LogP contribution in [0.25, 0.3) is 0 Å². The third-order valence-electron chi connectivity index (χ3n) is 3.49. The third-order valence-corrected chi connectivity index (χ3v) is 3.84. The molecule has 1 amide bonds. The van der Waals surface area contributed by atoms with Crippen molar-refractivity contribution in [2.75, 3.05) is 5.32 Å². The fourth-order valence-corrected chi connectivity index (χ4v) is 2.53. The molecule has 2 aromatic heterocycles. The Morgan fingerprint density at radius 3 is 2.85 bits per heavy atom. The summed E-state index contributed by atoms with van der Waals surface area (Å²) in [6.45, 7) is 0.0606. The van der Waals surface area contributed by atoms with Gasteiger partial charge in [-0.3, -0.25) is 24.3 Å². The smallest absolute Gasteiger partial charge is 0.303 e. The average Bonchev–Trinajstić information content (AvgIpc) is 3.17. The van der Waals surface area contributed by atoms with Crippen LogP contribution >= 0.6 is 11.6 Å². The molecule has 0 aliphatic heterocycles. The zero-order chi connectivity index (χ0) is 18.8. The van der Waals surface area contributed by atoms with Crippen LogP contribution in [-0.2, 0) is 13.6 Å². The van der Waals surface area contributed by atoms with Gasteiger partial charge in [0.2, 0.25) is 5.69 Å². The van der Waals surface area contributed by atoms with Crippen LogP contribution in [0.15, 0.2) is 36.7 Å². The highest BCUT2D eigenvalue weighted by atomic mass is 35.5. The average molecular weight is 379 g/mol. The highest BCUT2D eigenvalue weighted by Crippen LogP contribution is 2.21. The summed E-state index contributed by atoms with van der Waals surface area (Å²) in [4.78, 5) is 22.5. The monoisotopic (exact) mass is 378 g/mol. The van der Waals surface area contributed by atoms with Crippen molar-refractivity contribution in [3.05, 3.63) is 68.9 Å². The van der Waals surface area contributed by atoms with Crippen molar-refractivity contribution in [2.24, 2.45) is 7.05 Å². The molecule has 26 heavy (non-hydrogen) atoms. The highest BCUT2D eigenvalue weighted by molar-refractivity contribution is 6.31. The van der Waals surface area contributed by atoms with Crippen molar-refractivity contribution in [3.63, 3.8) is 0 Å². The first kappa shape index (κ1) is 17.5. The summed E-state index contributed by atoms with van der Waals surface area (Å²) in [6, 6.07) is 5.82. The quantitative estimate of drug-likeness (QED) is 0.542. The lowest BCUT2D eigenvalue weighted by Crippen LogP contribution is -2.15. The van der Waals surface area contributed by atoms with E-state index in [1.54, 1.807) is 6.07 Å². The lowest BCUT2D eigenvalue weighted by Gasteiger charge is -2.06. The molecule has 0 bridgehead atoms. The minimum atomic E-state index is -0.772. The van der Waals surface area contributed by atoms with Gasteiger partial charge in [0.25, 0.3) is 5.91 Å². The van der Waals surface area contributed by atoms with E-state index in [0.29, 0.717) is 0 Å². The molecular weight excluding hydrogens is 367 g/mol. The SMILES string of the molecule is Cn1cc([N+](=O)[O-])c(C(=O)Nc2ccn(Cc3c(F)cccc3Cl)n2)n1. The van der Waals surface area contributed by atoms with Gasteiger partial charge in [-0.25, -0.2) is 4.39 Å². The zero-order valence-electron chi connectivity index (χ0n) is 13.4. The Hall–Kier alpha value is -3.27. The van der Waals surface area contributed by atoms with Crippen molar-refractivity contribution < 1.29 is 14.1 Å². The Morgan fingerprint density at radius 2 is 2.15 bits per heavy atom. The van der Waals surface area contributed by atoms with E-state index >= 15 is 0 Å². The second-order valence-corrected chi connectivity index (χ2v) is 5.75. The molecule has 0 atom stereocenters. The number of nitro groups is 1. The third kappa shape index (κ3) is 3.54. The van der Waals surface area contributed by atoms with Crippen LogP contribution in [0.2, 0.25) is 5.02 Å². The van der Waals surface area contributed by atoms with E-state index in [9.17, 15) is 19.3 Å². The van der Waals surface area contributed by atoms with E-state index in [0.717, 1.165) is 6.20 Å². The van der Waals surface area contributed by atoms with Crippen molar-refractivity contribution in [2.45, 2.75) is 6.54 Å². The normalized spacial score (nSPS) is 10.7. The maximum absolute atomic E-state index is 13.8. The molecule has 9 nitrogen and oxygen atoms in total. The molecule has 0 spiro atoms. The number of nitrogens with one attached hydrogen (secondary N) is 1. The lowest BCUT2D eigenvalue weighted by atomic mass is 10.2. The summed E-state index contributed by atoms with van der Waals surface area (Å²) in [5, 5.41) is 21.5. The number of anilines is 1. The van der Waals surface area contributed by atoms with Gasteiger partial charge in [0.05, 0.1) is 11.5 Å². The Balaban J connectivity index is 1.77. The summed E-state index contributed by atoms with van der Waals surface area (Å²) in [5.41, 5.74) is -0.484. The topological polar surface area (TPSA) is 108 Å². The first-order valence-corrected chi connectivity index (χ1v) is 7.68. The number of benzene rings is 1. The maximum atomic E-state index is 13.8. The Morgan fingerprint density at radius 1 is 1.38 bits per heavy atom. The summed E-state index contributed by atoms with van der Waals surface area (Å²) in [7, 11) is 1.47. The summed E-state index contributed by atoms with van der Waals surface area (Å²) < 4.78 is 16.4. The molecule has 3 aromatic rings. The van der Waals surface area contributed by atoms with Crippen molar-refractivity contribution in [3.8, 4) is 0 Å². The first-order chi connectivity index (χ1) is 12.3. The predicted molar refractivity (Wildman–Crippen MR) is 90.6 cm³/mol. The minimum Gasteiger partial charge on any atom is -0.303 e. The number of aromatic nitrogens is 4. The van der Waals surface area contributed by atoms with Crippen molar-refractivity contribution in [1.82, 2.24) is 19.6 Å². The van der Waals surface area contributed by atoms with Gasteiger partial charge in [-0.1, -0.05) is 17.7 Å². The maximum Gasteiger partial charge on any atom is 0.320 e. The van der Waals surface area contributed by atoms with Crippen LogP contribution in [0, 0.1) is 15.9 Å².